The highest BCUT2D eigenvalue weighted by molar-refractivity contribution is 9.11. The second-order valence-electron chi connectivity index (χ2n) is 4.83. The molecule has 1 aromatic heterocycles. The molecule has 3 rings (SSSR count). The summed E-state index contributed by atoms with van der Waals surface area (Å²) in [5.74, 6) is -0.0437. The fraction of sp³-hybridized carbons (Fsp3) is 0.267. The maximum Gasteiger partial charge on any atom is 0.257 e. The third-order valence-corrected chi connectivity index (χ3v) is 5.86. The predicted octanol–water partition coefficient (Wildman–Crippen LogP) is 4.93. The summed E-state index contributed by atoms with van der Waals surface area (Å²) < 4.78 is 0.943. The molecular weight excluding hydrogens is 354 g/mol. The average molecular weight is 368 g/mol. The Morgan fingerprint density at radius 1 is 1.25 bits per heavy atom. The number of amides is 1. The summed E-state index contributed by atoms with van der Waals surface area (Å²) in [4.78, 5) is 14.7. The first-order valence-electron chi connectivity index (χ1n) is 6.56. The highest BCUT2D eigenvalue weighted by Crippen LogP contribution is 2.38. The zero-order chi connectivity index (χ0) is 14.1. The van der Waals surface area contributed by atoms with Gasteiger partial charge < -0.3 is 5.32 Å². The van der Waals surface area contributed by atoms with Crippen molar-refractivity contribution in [2.24, 2.45) is 0 Å². The number of thiol groups is 1. The highest BCUT2D eigenvalue weighted by Gasteiger charge is 2.24. The van der Waals surface area contributed by atoms with Crippen LogP contribution in [0, 0.1) is 0 Å². The number of carbonyl (C=O) groups is 1. The molecule has 1 amide bonds. The number of para-hydroxylation sites is 1. The van der Waals surface area contributed by atoms with E-state index in [1.807, 2.05) is 24.3 Å². The molecule has 0 fully saturated rings. The lowest BCUT2D eigenvalue weighted by molar-refractivity contribution is 0.102. The number of benzene rings is 1. The second kappa shape index (κ2) is 5.92. The number of anilines is 1. The van der Waals surface area contributed by atoms with Crippen molar-refractivity contribution in [1.82, 2.24) is 0 Å². The Morgan fingerprint density at radius 2 is 2.00 bits per heavy atom. The fourth-order valence-corrected chi connectivity index (χ4v) is 4.85. The van der Waals surface area contributed by atoms with Crippen LogP contribution in [0.15, 0.2) is 32.9 Å². The van der Waals surface area contributed by atoms with Gasteiger partial charge in [0.2, 0.25) is 0 Å². The van der Waals surface area contributed by atoms with Gasteiger partial charge in [-0.05, 0) is 59.3 Å². The van der Waals surface area contributed by atoms with Gasteiger partial charge in [-0.2, -0.15) is 0 Å². The summed E-state index contributed by atoms with van der Waals surface area (Å²) in [7, 11) is 0. The topological polar surface area (TPSA) is 29.1 Å². The summed E-state index contributed by atoms with van der Waals surface area (Å²) in [5, 5.41) is 2.96. The van der Waals surface area contributed by atoms with Crippen LogP contribution in [0.25, 0.3) is 0 Å². The van der Waals surface area contributed by atoms with E-state index in [1.54, 1.807) is 11.3 Å². The molecule has 1 aromatic carbocycles. The number of thiophene rings is 1. The van der Waals surface area contributed by atoms with E-state index in [0.717, 1.165) is 32.8 Å². The molecule has 1 heterocycles. The van der Waals surface area contributed by atoms with Gasteiger partial charge in [0.05, 0.1) is 15.0 Å². The standard InChI is InChI=1S/C15H14BrNOS2/c16-14-13(9-5-1-4-8-12(9)20-14)15(18)17-10-6-2-3-7-11(10)19/h2-3,6-7,19H,1,4-5,8H2,(H,17,18). The Hall–Kier alpha value is -0.780. The minimum absolute atomic E-state index is 0.0437. The lowest BCUT2D eigenvalue weighted by Gasteiger charge is -2.13. The van der Waals surface area contributed by atoms with Crippen molar-refractivity contribution in [3.05, 3.63) is 44.1 Å². The Balaban J connectivity index is 1.92. The minimum Gasteiger partial charge on any atom is -0.321 e. The molecule has 0 radical (unpaired) electrons. The molecule has 20 heavy (non-hydrogen) atoms. The number of nitrogens with one attached hydrogen (secondary N) is 1. The molecule has 2 nitrogen and oxygen atoms in total. The minimum atomic E-state index is -0.0437. The molecular formula is C15H14BrNOS2. The van der Waals surface area contributed by atoms with E-state index in [9.17, 15) is 4.79 Å². The number of rotatable bonds is 2. The molecule has 1 aliphatic carbocycles. The van der Waals surface area contributed by atoms with Gasteiger partial charge in [0.25, 0.3) is 5.91 Å². The van der Waals surface area contributed by atoms with E-state index < -0.39 is 0 Å². The quantitative estimate of drug-likeness (QED) is 0.723. The molecule has 0 saturated carbocycles. The summed E-state index contributed by atoms with van der Waals surface area (Å²) in [5.41, 5.74) is 2.78. The Labute approximate surface area is 136 Å². The van der Waals surface area contributed by atoms with Gasteiger partial charge in [-0.25, -0.2) is 0 Å². The van der Waals surface area contributed by atoms with Gasteiger partial charge in [0.1, 0.15) is 0 Å². The van der Waals surface area contributed by atoms with Gasteiger partial charge in [0, 0.05) is 9.77 Å². The Morgan fingerprint density at radius 3 is 2.80 bits per heavy atom. The summed E-state index contributed by atoms with van der Waals surface area (Å²) >= 11 is 9.62. The first-order chi connectivity index (χ1) is 9.66. The normalized spacial score (nSPS) is 13.9. The average Bonchev–Trinajstić information content (AvgIpc) is 2.77. The van der Waals surface area contributed by atoms with E-state index in [2.05, 4.69) is 33.9 Å². The van der Waals surface area contributed by atoms with Gasteiger partial charge in [0.15, 0.2) is 0 Å². The number of fused-ring (bicyclic) bond motifs is 1. The molecule has 0 aliphatic heterocycles. The molecule has 0 bridgehead atoms. The van der Waals surface area contributed by atoms with Gasteiger partial charge >= 0.3 is 0 Å². The zero-order valence-electron chi connectivity index (χ0n) is 10.8. The zero-order valence-corrected chi connectivity index (χ0v) is 14.1. The van der Waals surface area contributed by atoms with E-state index in [0.29, 0.717) is 0 Å². The first-order valence-corrected chi connectivity index (χ1v) is 8.62. The maximum atomic E-state index is 12.6. The third kappa shape index (κ3) is 2.67. The van der Waals surface area contributed by atoms with E-state index in [4.69, 9.17) is 0 Å². The molecule has 104 valence electrons. The van der Waals surface area contributed by atoms with Crippen LogP contribution in [0.5, 0.6) is 0 Å². The second-order valence-corrected chi connectivity index (χ2v) is 7.74. The maximum absolute atomic E-state index is 12.6. The fourth-order valence-electron chi connectivity index (χ4n) is 2.52. The van der Waals surface area contributed by atoms with Crippen molar-refractivity contribution in [2.75, 3.05) is 5.32 Å². The molecule has 0 spiro atoms. The van der Waals surface area contributed by atoms with Crippen LogP contribution >= 0.6 is 39.9 Å². The number of carbonyl (C=O) groups excluding carboxylic acids is 1. The smallest absolute Gasteiger partial charge is 0.257 e. The summed E-state index contributed by atoms with van der Waals surface area (Å²) in [6, 6.07) is 7.54. The first kappa shape index (κ1) is 14.2. The van der Waals surface area contributed by atoms with Gasteiger partial charge in [-0.3, -0.25) is 4.79 Å². The van der Waals surface area contributed by atoms with Crippen LogP contribution in [-0.4, -0.2) is 5.91 Å². The van der Waals surface area contributed by atoms with E-state index in [-0.39, 0.29) is 5.91 Å². The molecule has 1 N–H and O–H groups in total. The van der Waals surface area contributed by atoms with Crippen LogP contribution < -0.4 is 5.32 Å². The lowest BCUT2D eigenvalue weighted by atomic mass is 9.95. The monoisotopic (exact) mass is 367 g/mol. The molecule has 5 heteroatoms. The van der Waals surface area contributed by atoms with Gasteiger partial charge in [-0.1, -0.05) is 12.1 Å². The van der Waals surface area contributed by atoms with Crippen molar-refractivity contribution in [3.8, 4) is 0 Å². The van der Waals surface area contributed by atoms with Crippen molar-refractivity contribution >= 4 is 51.5 Å². The molecule has 1 aliphatic rings. The van der Waals surface area contributed by atoms with E-state index >= 15 is 0 Å². The van der Waals surface area contributed by atoms with Crippen molar-refractivity contribution < 1.29 is 4.79 Å². The van der Waals surface area contributed by atoms with E-state index in [1.165, 1.54) is 23.3 Å². The van der Waals surface area contributed by atoms with Crippen molar-refractivity contribution in [2.45, 2.75) is 30.6 Å². The molecule has 0 saturated heterocycles. The molecule has 0 atom stereocenters. The van der Waals surface area contributed by atoms with Crippen molar-refractivity contribution in [3.63, 3.8) is 0 Å². The molecule has 2 aromatic rings. The van der Waals surface area contributed by atoms with Gasteiger partial charge in [-0.15, -0.1) is 24.0 Å². The highest BCUT2D eigenvalue weighted by atomic mass is 79.9. The number of hydrogen-bond donors (Lipinski definition) is 2. The Bertz CT molecular complexity index is 666. The SMILES string of the molecule is O=C(Nc1ccccc1S)c1c(Br)sc2c1CCCC2. The van der Waals surface area contributed by atoms with Crippen LogP contribution in [0.1, 0.15) is 33.6 Å². The van der Waals surface area contributed by atoms with Crippen LogP contribution in [0.3, 0.4) is 0 Å². The predicted molar refractivity (Wildman–Crippen MR) is 90.3 cm³/mol. The third-order valence-electron chi connectivity index (χ3n) is 3.51. The molecule has 0 unspecified atom stereocenters. The Kier molecular flexibility index (Phi) is 4.19. The van der Waals surface area contributed by atoms with Crippen LogP contribution in [0.2, 0.25) is 0 Å². The lowest BCUT2D eigenvalue weighted by Crippen LogP contribution is -2.15. The number of hydrogen-bond acceptors (Lipinski definition) is 3. The summed E-state index contributed by atoms with van der Waals surface area (Å²) in [6.07, 6.45) is 4.48. The van der Waals surface area contributed by atoms with Crippen molar-refractivity contribution in [1.29, 1.82) is 0 Å². The number of aryl methyl sites for hydroxylation is 1. The number of halogens is 1. The summed E-state index contributed by atoms with van der Waals surface area (Å²) in [6.45, 7) is 0. The van der Waals surface area contributed by atoms with Crippen LogP contribution in [-0.2, 0) is 12.8 Å². The van der Waals surface area contributed by atoms with Crippen LogP contribution in [0.4, 0.5) is 5.69 Å². The largest absolute Gasteiger partial charge is 0.321 e.